The van der Waals surface area contributed by atoms with Crippen LogP contribution >= 0.6 is 46.8 Å². The molecule has 4 N–H and O–H groups in total. The molecule has 0 saturated carbocycles. The fourth-order valence-corrected chi connectivity index (χ4v) is 4.28. The van der Waals surface area contributed by atoms with Gasteiger partial charge in [0.15, 0.2) is 5.11 Å². The van der Waals surface area contributed by atoms with Crippen LogP contribution in [0.3, 0.4) is 0 Å². The van der Waals surface area contributed by atoms with Crippen LogP contribution in [0.1, 0.15) is 22.5 Å². The summed E-state index contributed by atoms with van der Waals surface area (Å²) in [6, 6.07) is 14.2. The summed E-state index contributed by atoms with van der Waals surface area (Å²) in [5.41, 5.74) is 5.23. The zero-order valence-electron chi connectivity index (χ0n) is 15.8. The Hall–Kier alpha value is -2.72. The maximum atomic E-state index is 12.4. The van der Waals surface area contributed by atoms with Crippen LogP contribution in [0.25, 0.3) is 10.1 Å². The van der Waals surface area contributed by atoms with Gasteiger partial charge in [-0.2, -0.15) is 0 Å². The lowest BCUT2D eigenvalue weighted by molar-refractivity contribution is -0.124. The molecule has 0 atom stereocenters. The van der Waals surface area contributed by atoms with E-state index in [9.17, 15) is 14.4 Å². The van der Waals surface area contributed by atoms with Crippen LogP contribution in [-0.2, 0) is 9.59 Å². The molecule has 1 heterocycles. The Morgan fingerprint density at radius 2 is 1.58 bits per heavy atom. The number of anilines is 1. The highest BCUT2D eigenvalue weighted by atomic mass is 35.5. The summed E-state index contributed by atoms with van der Waals surface area (Å²) >= 11 is 18.5. The first-order valence-corrected chi connectivity index (χ1v) is 10.9. The molecule has 0 spiro atoms. The summed E-state index contributed by atoms with van der Waals surface area (Å²) in [7, 11) is 0. The molecule has 0 aliphatic carbocycles. The molecule has 7 nitrogen and oxygen atoms in total. The van der Waals surface area contributed by atoms with Crippen LogP contribution in [0, 0.1) is 0 Å². The highest BCUT2D eigenvalue weighted by Gasteiger charge is 2.18. The van der Waals surface area contributed by atoms with Gasteiger partial charge >= 0.3 is 0 Å². The predicted octanol–water partition coefficient (Wildman–Crippen LogP) is 4.26. The predicted molar refractivity (Wildman–Crippen MR) is 127 cm³/mol. The Balaban J connectivity index is 1.43. The molecule has 0 aliphatic heterocycles. The van der Waals surface area contributed by atoms with Crippen molar-refractivity contribution in [2.45, 2.75) is 12.8 Å². The molecule has 1 aromatic heterocycles. The van der Waals surface area contributed by atoms with Gasteiger partial charge in [0.2, 0.25) is 11.8 Å². The third-order valence-electron chi connectivity index (χ3n) is 4.01. The summed E-state index contributed by atoms with van der Waals surface area (Å²) in [4.78, 5) is 36.6. The summed E-state index contributed by atoms with van der Waals surface area (Å²) in [5, 5.41) is 6.50. The largest absolute Gasteiger partial charge is 0.325 e. The number of amides is 3. The van der Waals surface area contributed by atoms with Gasteiger partial charge in [0.1, 0.15) is 4.88 Å². The molecule has 0 bridgehead atoms. The minimum Gasteiger partial charge on any atom is -0.325 e. The van der Waals surface area contributed by atoms with E-state index in [0.29, 0.717) is 20.6 Å². The van der Waals surface area contributed by atoms with E-state index in [0.717, 1.165) is 10.1 Å². The van der Waals surface area contributed by atoms with E-state index in [-0.39, 0.29) is 23.9 Å². The van der Waals surface area contributed by atoms with Gasteiger partial charge in [-0.3, -0.25) is 30.6 Å². The lowest BCUT2D eigenvalue weighted by Gasteiger charge is -2.10. The first-order valence-electron chi connectivity index (χ1n) is 8.96. The number of thiocarbonyl (C=S) groups is 1. The number of rotatable bonds is 5. The number of halogens is 2. The van der Waals surface area contributed by atoms with E-state index >= 15 is 0 Å². The third-order valence-corrected chi connectivity index (χ3v) is 6.22. The van der Waals surface area contributed by atoms with Gasteiger partial charge in [0, 0.05) is 22.9 Å². The van der Waals surface area contributed by atoms with Crippen LogP contribution in [0.2, 0.25) is 10.0 Å². The number of fused-ring (bicyclic) bond motifs is 1. The van der Waals surface area contributed by atoms with Gasteiger partial charge in [0.05, 0.1) is 15.7 Å². The van der Waals surface area contributed by atoms with Gasteiger partial charge in [-0.1, -0.05) is 53.5 Å². The van der Waals surface area contributed by atoms with Crippen LogP contribution in [0.15, 0.2) is 48.5 Å². The quantitative estimate of drug-likeness (QED) is 0.313. The lowest BCUT2D eigenvalue weighted by Crippen LogP contribution is -2.48. The van der Waals surface area contributed by atoms with Gasteiger partial charge in [-0.25, -0.2) is 0 Å². The monoisotopic (exact) mass is 494 g/mol. The number of nitrogens with one attached hydrogen (secondary N) is 4. The van der Waals surface area contributed by atoms with Crippen LogP contribution < -0.4 is 21.5 Å². The Labute approximate surface area is 197 Å². The van der Waals surface area contributed by atoms with Crippen molar-refractivity contribution in [1.82, 2.24) is 16.2 Å². The molecular weight excluding hydrogens is 479 g/mol. The van der Waals surface area contributed by atoms with E-state index < -0.39 is 11.8 Å². The normalized spacial score (nSPS) is 10.4. The molecule has 0 aliphatic rings. The van der Waals surface area contributed by atoms with Gasteiger partial charge in [0.25, 0.3) is 5.91 Å². The van der Waals surface area contributed by atoms with Gasteiger partial charge < -0.3 is 5.32 Å². The summed E-state index contributed by atoms with van der Waals surface area (Å²) in [6.07, 6.45) is -0.156. The molecule has 160 valence electrons. The first kappa shape index (κ1) is 23.0. The van der Waals surface area contributed by atoms with Crippen molar-refractivity contribution >= 4 is 85.4 Å². The second-order valence-corrected chi connectivity index (χ2v) is 8.47. The second kappa shape index (κ2) is 10.5. The summed E-state index contributed by atoms with van der Waals surface area (Å²) < 4.78 is 0.875. The van der Waals surface area contributed by atoms with Crippen molar-refractivity contribution in [2.24, 2.45) is 0 Å². The topological polar surface area (TPSA) is 99.3 Å². The lowest BCUT2D eigenvalue weighted by atomic mass is 10.2. The fraction of sp³-hybridized carbons (Fsp3) is 0.100. The number of carbonyl (C=O) groups is 3. The Bertz CT molecular complexity index is 1170. The minimum atomic E-state index is -0.489. The molecule has 3 amide bonds. The van der Waals surface area contributed by atoms with Crippen molar-refractivity contribution in [3.63, 3.8) is 0 Å². The van der Waals surface area contributed by atoms with Crippen LogP contribution in [-0.4, -0.2) is 22.8 Å². The minimum absolute atomic E-state index is 0.0603. The molecule has 3 rings (SSSR count). The number of carbonyl (C=O) groups excluding carboxylic acids is 3. The third kappa shape index (κ3) is 6.14. The average Bonchev–Trinajstić information content (AvgIpc) is 3.09. The number of hydrazine groups is 1. The summed E-state index contributed by atoms with van der Waals surface area (Å²) in [5.74, 6) is -1.33. The maximum Gasteiger partial charge on any atom is 0.269 e. The molecule has 11 heteroatoms. The Kier molecular flexibility index (Phi) is 7.80. The molecule has 0 unspecified atom stereocenters. The molecular formula is C20H16Cl2N4O3S2. The Morgan fingerprint density at radius 1 is 0.903 bits per heavy atom. The SMILES string of the molecule is O=C(CCC(=O)Nc1ccccc1Cl)NNC(=S)NC(=O)c1sc2ccccc2c1Cl. The van der Waals surface area contributed by atoms with E-state index in [1.807, 2.05) is 24.3 Å². The highest BCUT2D eigenvalue weighted by molar-refractivity contribution is 7.80. The van der Waals surface area contributed by atoms with Gasteiger partial charge in [-0.05, 0) is 30.4 Å². The standard InChI is InChI=1S/C20H16Cl2N4O3S2/c21-12-6-2-3-7-13(12)23-15(27)9-10-16(28)25-26-20(30)24-19(29)18-17(22)11-5-1-4-8-14(11)31-18/h1-8H,9-10H2,(H,23,27)(H,25,28)(H2,24,26,29,30). The van der Waals surface area contributed by atoms with E-state index in [1.165, 1.54) is 11.3 Å². The molecule has 31 heavy (non-hydrogen) atoms. The number of para-hydroxylation sites is 1. The zero-order valence-corrected chi connectivity index (χ0v) is 19.0. The molecule has 0 saturated heterocycles. The second-order valence-electron chi connectivity index (χ2n) is 6.23. The number of hydrogen-bond donors (Lipinski definition) is 4. The number of thiophene rings is 1. The molecule has 3 aromatic rings. The van der Waals surface area contributed by atoms with Crippen LogP contribution in [0.4, 0.5) is 5.69 Å². The highest BCUT2D eigenvalue weighted by Crippen LogP contribution is 2.34. The smallest absolute Gasteiger partial charge is 0.269 e. The van der Waals surface area contributed by atoms with Gasteiger partial charge in [-0.15, -0.1) is 11.3 Å². The number of benzene rings is 2. The fourth-order valence-electron chi connectivity index (χ4n) is 2.54. The molecule has 0 radical (unpaired) electrons. The van der Waals surface area contributed by atoms with Crippen molar-refractivity contribution in [1.29, 1.82) is 0 Å². The van der Waals surface area contributed by atoms with Crippen LogP contribution in [0.5, 0.6) is 0 Å². The van der Waals surface area contributed by atoms with Crippen molar-refractivity contribution in [2.75, 3.05) is 5.32 Å². The zero-order chi connectivity index (χ0) is 22.4. The van der Waals surface area contributed by atoms with Crippen molar-refractivity contribution in [3.05, 3.63) is 63.5 Å². The average molecular weight is 495 g/mol. The molecule has 0 fully saturated rings. The van der Waals surface area contributed by atoms with E-state index in [1.54, 1.807) is 24.3 Å². The van der Waals surface area contributed by atoms with Crippen molar-refractivity contribution < 1.29 is 14.4 Å². The Morgan fingerprint density at radius 3 is 2.32 bits per heavy atom. The number of hydrogen-bond acceptors (Lipinski definition) is 5. The molecule has 2 aromatic carbocycles. The van der Waals surface area contributed by atoms with E-state index in [2.05, 4.69) is 21.5 Å². The van der Waals surface area contributed by atoms with Crippen molar-refractivity contribution in [3.8, 4) is 0 Å². The maximum absolute atomic E-state index is 12.4. The summed E-state index contributed by atoms with van der Waals surface area (Å²) in [6.45, 7) is 0. The first-order chi connectivity index (χ1) is 14.8. The van der Waals surface area contributed by atoms with E-state index in [4.69, 9.17) is 35.4 Å².